The number of fused-ring (bicyclic) bond motifs is 1. The molecule has 1 aromatic carbocycles. The van der Waals surface area contributed by atoms with E-state index in [1.54, 1.807) is 42.9 Å². The quantitative estimate of drug-likeness (QED) is 0.511. The molecular weight excluding hydrogens is 466 g/mol. The fourth-order valence-electron chi connectivity index (χ4n) is 4.99. The summed E-state index contributed by atoms with van der Waals surface area (Å²) in [5.41, 5.74) is -0.215. The molecule has 2 aliphatic rings. The van der Waals surface area contributed by atoms with Crippen LogP contribution in [-0.2, 0) is 9.53 Å². The van der Waals surface area contributed by atoms with Gasteiger partial charge >= 0.3 is 6.09 Å². The van der Waals surface area contributed by atoms with Crippen LogP contribution >= 0.6 is 0 Å². The van der Waals surface area contributed by atoms with Crippen molar-refractivity contribution in [3.63, 3.8) is 0 Å². The van der Waals surface area contributed by atoms with Crippen LogP contribution in [0.2, 0.25) is 0 Å². The van der Waals surface area contributed by atoms with E-state index < -0.39 is 11.7 Å². The monoisotopic (exact) mass is 505 g/mol. The molecule has 0 aliphatic carbocycles. The molecule has 0 unspecified atom stereocenters. The molecule has 1 fully saturated rings. The Bertz CT molecular complexity index is 979. The average Bonchev–Trinajstić information content (AvgIpc) is 2.83. The Morgan fingerprint density at radius 2 is 1.97 bits per heavy atom. The van der Waals surface area contributed by atoms with E-state index >= 15 is 0 Å². The smallest absolute Gasteiger partial charge is 0.407 e. The first-order valence-electron chi connectivity index (χ1n) is 12.5. The van der Waals surface area contributed by atoms with Crippen molar-refractivity contribution in [2.45, 2.75) is 71.1 Å². The lowest BCUT2D eigenvalue weighted by Gasteiger charge is -2.41. The van der Waals surface area contributed by atoms with Crippen LogP contribution in [0.3, 0.4) is 0 Å². The summed E-state index contributed by atoms with van der Waals surface area (Å²) in [7, 11) is 3.14. The summed E-state index contributed by atoms with van der Waals surface area (Å²) in [6.07, 6.45) is 1.94. The number of ether oxygens (including phenoxy) is 3. The first-order chi connectivity index (χ1) is 17.0. The van der Waals surface area contributed by atoms with Gasteiger partial charge in [0.15, 0.2) is 5.60 Å². The number of benzene rings is 1. The zero-order chi connectivity index (χ0) is 26.6. The molecule has 3 rings (SSSR count). The Hall–Kier alpha value is -3.01. The first-order valence-corrected chi connectivity index (χ1v) is 12.5. The summed E-state index contributed by atoms with van der Waals surface area (Å²) in [4.78, 5) is 43.6. The number of amides is 3. The second-order valence-corrected chi connectivity index (χ2v) is 10.1. The molecule has 0 saturated carbocycles. The van der Waals surface area contributed by atoms with Crippen molar-refractivity contribution in [1.82, 2.24) is 9.80 Å². The third kappa shape index (κ3) is 5.69. The number of piperidine rings is 1. The summed E-state index contributed by atoms with van der Waals surface area (Å²) in [5, 5.41) is 9.49. The second-order valence-electron chi connectivity index (χ2n) is 10.1. The van der Waals surface area contributed by atoms with Crippen LogP contribution in [0, 0.1) is 0 Å². The minimum atomic E-state index is -1.06. The number of methoxy groups -OCH3 is 2. The fourth-order valence-corrected chi connectivity index (χ4v) is 4.99. The number of carbonyl (C=O) groups excluding carboxylic acids is 2. The number of likely N-dealkylation sites (tertiary alicyclic amines) is 1. The Balaban J connectivity index is 2.00. The minimum Gasteiger partial charge on any atom is -0.496 e. The predicted octanol–water partition coefficient (Wildman–Crippen LogP) is 3.62. The summed E-state index contributed by atoms with van der Waals surface area (Å²) in [5.74, 6) is 0.380. The summed E-state index contributed by atoms with van der Waals surface area (Å²) >= 11 is 0. The van der Waals surface area contributed by atoms with E-state index in [1.807, 2.05) is 13.8 Å². The number of hydrogen-bond acceptors (Lipinski definition) is 6. The molecule has 200 valence electrons. The molecule has 0 bridgehead atoms. The highest BCUT2D eigenvalue weighted by Crippen LogP contribution is 2.42. The highest BCUT2D eigenvalue weighted by Gasteiger charge is 2.42. The van der Waals surface area contributed by atoms with Crippen molar-refractivity contribution in [2.24, 2.45) is 0 Å². The molecule has 10 heteroatoms. The maximum Gasteiger partial charge on any atom is 0.407 e. The second kappa shape index (κ2) is 11.4. The van der Waals surface area contributed by atoms with Crippen LogP contribution in [-0.4, -0.2) is 91.0 Å². The number of hydrogen-bond donors (Lipinski definition) is 1. The van der Waals surface area contributed by atoms with Gasteiger partial charge in [0, 0.05) is 45.5 Å². The minimum absolute atomic E-state index is 0.168. The molecule has 1 saturated heterocycles. The van der Waals surface area contributed by atoms with Crippen molar-refractivity contribution in [1.29, 1.82) is 0 Å². The van der Waals surface area contributed by atoms with Gasteiger partial charge in [0.2, 0.25) is 0 Å². The summed E-state index contributed by atoms with van der Waals surface area (Å²) < 4.78 is 16.8. The molecule has 0 aromatic heterocycles. The molecule has 1 aromatic rings. The van der Waals surface area contributed by atoms with Crippen LogP contribution in [0.5, 0.6) is 11.5 Å². The van der Waals surface area contributed by atoms with E-state index in [9.17, 15) is 19.5 Å². The van der Waals surface area contributed by atoms with E-state index in [2.05, 4.69) is 0 Å². The molecule has 1 N–H and O–H groups in total. The van der Waals surface area contributed by atoms with Gasteiger partial charge in [-0.2, -0.15) is 0 Å². The van der Waals surface area contributed by atoms with Crippen molar-refractivity contribution >= 4 is 23.6 Å². The lowest BCUT2D eigenvalue weighted by molar-refractivity contribution is -0.132. The molecule has 0 radical (unpaired) electrons. The molecule has 10 nitrogen and oxygen atoms in total. The molecule has 2 aliphatic heterocycles. The van der Waals surface area contributed by atoms with Gasteiger partial charge in [-0.25, -0.2) is 4.79 Å². The van der Waals surface area contributed by atoms with E-state index in [0.29, 0.717) is 55.3 Å². The molecule has 2 heterocycles. The third-order valence-corrected chi connectivity index (χ3v) is 6.76. The molecule has 36 heavy (non-hydrogen) atoms. The largest absolute Gasteiger partial charge is 0.496 e. The van der Waals surface area contributed by atoms with Crippen molar-refractivity contribution in [3.05, 3.63) is 17.7 Å². The number of carboxylic acid groups (broad SMARTS) is 1. The zero-order valence-corrected chi connectivity index (χ0v) is 22.2. The van der Waals surface area contributed by atoms with Gasteiger partial charge in [0.1, 0.15) is 11.5 Å². The normalized spacial score (nSPS) is 19.1. The van der Waals surface area contributed by atoms with Crippen LogP contribution in [0.1, 0.15) is 63.7 Å². The summed E-state index contributed by atoms with van der Waals surface area (Å²) in [6.45, 7) is 9.06. The fraction of sp³-hybridized carbons (Fsp3) is 0.654. The molecule has 1 atom stereocenters. The number of anilines is 1. The topological polar surface area (TPSA) is 109 Å². The number of carbonyl (C=O) groups is 3. The lowest BCUT2D eigenvalue weighted by atomic mass is 9.99. The van der Waals surface area contributed by atoms with Gasteiger partial charge in [0.05, 0.1) is 24.4 Å². The lowest BCUT2D eigenvalue weighted by Crippen LogP contribution is -2.54. The Kier molecular flexibility index (Phi) is 8.71. The molecular formula is C26H39N3O7. The summed E-state index contributed by atoms with van der Waals surface area (Å²) in [6, 6.07) is 2.92. The Morgan fingerprint density at radius 1 is 1.25 bits per heavy atom. The third-order valence-electron chi connectivity index (χ3n) is 6.76. The van der Waals surface area contributed by atoms with E-state index in [0.717, 1.165) is 12.8 Å². The van der Waals surface area contributed by atoms with Crippen LogP contribution in [0.25, 0.3) is 0 Å². The maximum absolute atomic E-state index is 14.0. The average molecular weight is 506 g/mol. The van der Waals surface area contributed by atoms with Gasteiger partial charge in [0.25, 0.3) is 11.8 Å². The predicted molar refractivity (Wildman–Crippen MR) is 135 cm³/mol. The van der Waals surface area contributed by atoms with Gasteiger partial charge in [-0.15, -0.1) is 0 Å². The van der Waals surface area contributed by atoms with E-state index in [-0.39, 0.29) is 30.4 Å². The van der Waals surface area contributed by atoms with Gasteiger partial charge in [-0.3, -0.25) is 9.59 Å². The van der Waals surface area contributed by atoms with Crippen molar-refractivity contribution in [3.8, 4) is 11.5 Å². The standard InChI is InChI=1S/C26H39N3O7/c1-17(2)29(18-10-9-11-27(16-18)25(32)33)23(30)19-14-20-22(15-21(19)35-6)36-26(3,4)24(31)28(20)12-7-8-13-34-5/h14-15,17-18H,7-13,16H2,1-6H3,(H,32,33)/t18-/m1/s1. The number of nitrogens with zero attached hydrogens (tertiary/aromatic N) is 3. The maximum atomic E-state index is 14.0. The van der Waals surface area contributed by atoms with Gasteiger partial charge in [-0.1, -0.05) is 0 Å². The zero-order valence-electron chi connectivity index (χ0n) is 22.2. The van der Waals surface area contributed by atoms with Crippen molar-refractivity contribution < 1.29 is 33.7 Å². The number of unbranched alkanes of at least 4 members (excludes halogenated alkanes) is 1. The van der Waals surface area contributed by atoms with Crippen LogP contribution < -0.4 is 14.4 Å². The van der Waals surface area contributed by atoms with Gasteiger partial charge < -0.3 is 34.0 Å². The van der Waals surface area contributed by atoms with Crippen LogP contribution in [0.4, 0.5) is 10.5 Å². The van der Waals surface area contributed by atoms with E-state index in [1.165, 1.54) is 12.0 Å². The van der Waals surface area contributed by atoms with E-state index in [4.69, 9.17) is 14.2 Å². The molecule has 3 amide bonds. The Morgan fingerprint density at radius 3 is 2.58 bits per heavy atom. The highest BCUT2D eigenvalue weighted by molar-refractivity contribution is 6.05. The van der Waals surface area contributed by atoms with Gasteiger partial charge in [-0.05, 0) is 59.4 Å². The number of rotatable bonds is 9. The molecule has 0 spiro atoms. The highest BCUT2D eigenvalue weighted by atomic mass is 16.5. The first kappa shape index (κ1) is 27.6. The van der Waals surface area contributed by atoms with Crippen LogP contribution in [0.15, 0.2) is 12.1 Å². The SMILES string of the molecule is COCCCCN1C(=O)C(C)(C)Oc2cc(OC)c(C(=O)N(C(C)C)[C@@H]3CCCN(C(=O)O)C3)cc21. The Labute approximate surface area is 213 Å². The van der Waals surface area contributed by atoms with Crippen molar-refractivity contribution in [2.75, 3.05) is 45.4 Å².